The van der Waals surface area contributed by atoms with Gasteiger partial charge >= 0.3 is 0 Å². The summed E-state index contributed by atoms with van der Waals surface area (Å²) < 4.78 is 2.08. The Balaban J connectivity index is 2.72. The van der Waals surface area contributed by atoms with E-state index in [4.69, 9.17) is 10.8 Å². The molecule has 2 aromatic rings. The smallest absolute Gasteiger partial charge is 0.0702 e. The van der Waals surface area contributed by atoms with Gasteiger partial charge in [0.2, 0.25) is 0 Å². The van der Waals surface area contributed by atoms with E-state index < -0.39 is 0 Å². The first-order chi connectivity index (χ1) is 6.20. The van der Waals surface area contributed by atoms with Crippen LogP contribution in [0.2, 0.25) is 0 Å². The number of aliphatic hydroxyl groups excluding tert-OH is 1. The first kappa shape index (κ1) is 8.87. The molecule has 4 heteroatoms. The fraction of sp³-hybridized carbons (Fsp3) is 0.111. The van der Waals surface area contributed by atoms with E-state index in [9.17, 15) is 0 Å². The highest BCUT2D eigenvalue weighted by molar-refractivity contribution is 7.83. The van der Waals surface area contributed by atoms with E-state index in [0.29, 0.717) is 5.69 Å². The highest BCUT2D eigenvalue weighted by atomic mass is 32.2. The maximum Gasteiger partial charge on any atom is 0.0702 e. The number of nitrogens with two attached hydrogens (primary N) is 1. The molecule has 0 saturated heterocycles. The van der Waals surface area contributed by atoms with E-state index >= 15 is 0 Å². The molecule has 2 rings (SSSR count). The van der Waals surface area contributed by atoms with Crippen LogP contribution in [0.4, 0.5) is 5.69 Å². The summed E-state index contributed by atoms with van der Waals surface area (Å²) in [6.07, 6.45) is 0. The molecule has 0 amide bonds. The van der Waals surface area contributed by atoms with Gasteiger partial charge in [-0.25, -0.2) is 0 Å². The van der Waals surface area contributed by atoms with Crippen LogP contribution in [0.1, 0.15) is 5.56 Å². The SMILES string of the molecule is Nc1cc2cc(S)sc2cc1CO. The van der Waals surface area contributed by atoms with Gasteiger partial charge in [0.25, 0.3) is 0 Å². The molecule has 0 aliphatic rings. The van der Waals surface area contributed by atoms with Crippen molar-refractivity contribution >= 4 is 39.7 Å². The largest absolute Gasteiger partial charge is 0.398 e. The van der Waals surface area contributed by atoms with Crippen LogP contribution in [0.15, 0.2) is 22.4 Å². The van der Waals surface area contributed by atoms with Gasteiger partial charge in [-0.2, -0.15) is 0 Å². The zero-order chi connectivity index (χ0) is 9.42. The fourth-order valence-electron chi connectivity index (χ4n) is 1.27. The standard InChI is InChI=1S/C9H9NOS2/c10-7-1-5-3-9(12)13-8(5)2-6(7)4-11/h1-3,11-12H,4,10H2. The number of hydrogen-bond donors (Lipinski definition) is 3. The minimum Gasteiger partial charge on any atom is -0.398 e. The average molecular weight is 211 g/mol. The molecule has 0 fully saturated rings. The van der Waals surface area contributed by atoms with Gasteiger partial charge in [0, 0.05) is 16.0 Å². The number of anilines is 1. The van der Waals surface area contributed by atoms with Gasteiger partial charge in [0.15, 0.2) is 0 Å². The summed E-state index contributed by atoms with van der Waals surface area (Å²) in [6.45, 7) is -0.0123. The van der Waals surface area contributed by atoms with Gasteiger partial charge in [0.1, 0.15) is 0 Å². The summed E-state index contributed by atoms with van der Waals surface area (Å²) in [5.41, 5.74) is 7.15. The lowest BCUT2D eigenvalue weighted by Crippen LogP contribution is -1.92. The van der Waals surface area contributed by atoms with Crippen molar-refractivity contribution in [3.05, 3.63) is 23.8 Å². The van der Waals surface area contributed by atoms with Crippen molar-refractivity contribution in [3.63, 3.8) is 0 Å². The van der Waals surface area contributed by atoms with Gasteiger partial charge in [-0.05, 0) is 23.6 Å². The summed E-state index contributed by atoms with van der Waals surface area (Å²) in [4.78, 5) is 0. The Bertz CT molecular complexity index is 450. The lowest BCUT2D eigenvalue weighted by Gasteiger charge is -2.01. The Labute approximate surface area is 85.4 Å². The van der Waals surface area contributed by atoms with Crippen LogP contribution in [0, 0.1) is 0 Å². The maximum atomic E-state index is 8.99. The summed E-state index contributed by atoms with van der Waals surface area (Å²) in [5.74, 6) is 0. The Morgan fingerprint density at radius 2 is 2.15 bits per heavy atom. The number of thiol groups is 1. The molecular weight excluding hydrogens is 202 g/mol. The Kier molecular flexibility index (Phi) is 2.19. The molecule has 0 atom stereocenters. The molecule has 3 N–H and O–H groups in total. The molecule has 0 unspecified atom stereocenters. The minimum atomic E-state index is -0.0123. The summed E-state index contributed by atoms with van der Waals surface area (Å²) >= 11 is 5.84. The van der Waals surface area contributed by atoms with Crippen molar-refractivity contribution in [2.75, 3.05) is 5.73 Å². The van der Waals surface area contributed by atoms with E-state index in [1.165, 1.54) is 0 Å². The first-order valence-corrected chi connectivity index (χ1v) is 5.09. The lowest BCUT2D eigenvalue weighted by atomic mass is 10.1. The van der Waals surface area contributed by atoms with Crippen LogP contribution in [0.5, 0.6) is 0 Å². The fourth-order valence-corrected chi connectivity index (χ4v) is 2.55. The van der Waals surface area contributed by atoms with E-state index in [1.54, 1.807) is 11.3 Å². The van der Waals surface area contributed by atoms with Crippen molar-refractivity contribution in [3.8, 4) is 0 Å². The molecular formula is C9H9NOS2. The van der Waals surface area contributed by atoms with Crippen molar-refractivity contribution in [1.29, 1.82) is 0 Å². The predicted octanol–water partition coefficient (Wildman–Crippen LogP) is 2.26. The van der Waals surface area contributed by atoms with Gasteiger partial charge in [-0.15, -0.1) is 24.0 Å². The molecule has 2 nitrogen and oxygen atoms in total. The van der Waals surface area contributed by atoms with Crippen molar-refractivity contribution < 1.29 is 5.11 Å². The molecule has 0 aliphatic carbocycles. The van der Waals surface area contributed by atoms with Crippen LogP contribution in [0.3, 0.4) is 0 Å². The number of rotatable bonds is 1. The third-order valence-corrected chi connectivity index (χ3v) is 3.24. The second-order valence-corrected chi connectivity index (χ2v) is 4.70. The zero-order valence-corrected chi connectivity index (χ0v) is 8.53. The number of aliphatic hydroxyl groups is 1. The van der Waals surface area contributed by atoms with Crippen LogP contribution < -0.4 is 5.73 Å². The monoisotopic (exact) mass is 211 g/mol. The zero-order valence-electron chi connectivity index (χ0n) is 6.82. The third-order valence-electron chi connectivity index (χ3n) is 1.94. The Morgan fingerprint density at radius 1 is 1.38 bits per heavy atom. The van der Waals surface area contributed by atoms with Gasteiger partial charge in [-0.1, -0.05) is 0 Å². The Morgan fingerprint density at radius 3 is 2.85 bits per heavy atom. The number of nitrogen functional groups attached to an aromatic ring is 1. The van der Waals surface area contributed by atoms with Gasteiger partial charge < -0.3 is 10.8 Å². The van der Waals surface area contributed by atoms with Crippen LogP contribution in [-0.2, 0) is 6.61 Å². The van der Waals surface area contributed by atoms with Crippen molar-refractivity contribution in [2.45, 2.75) is 10.8 Å². The van der Waals surface area contributed by atoms with Crippen LogP contribution in [0.25, 0.3) is 10.1 Å². The van der Waals surface area contributed by atoms with Crippen molar-refractivity contribution in [1.82, 2.24) is 0 Å². The molecule has 0 radical (unpaired) electrons. The molecule has 0 aliphatic heterocycles. The van der Waals surface area contributed by atoms with Gasteiger partial charge in [-0.3, -0.25) is 0 Å². The van der Waals surface area contributed by atoms with E-state index in [1.807, 2.05) is 18.2 Å². The second kappa shape index (κ2) is 3.21. The van der Waals surface area contributed by atoms with E-state index in [-0.39, 0.29) is 6.61 Å². The molecule has 0 bridgehead atoms. The normalized spacial score (nSPS) is 10.9. The van der Waals surface area contributed by atoms with Crippen molar-refractivity contribution in [2.24, 2.45) is 0 Å². The molecule has 1 aromatic carbocycles. The van der Waals surface area contributed by atoms with E-state index in [2.05, 4.69) is 12.6 Å². The molecule has 0 saturated carbocycles. The topological polar surface area (TPSA) is 46.2 Å². The lowest BCUT2D eigenvalue weighted by molar-refractivity contribution is 0.283. The van der Waals surface area contributed by atoms with Gasteiger partial charge in [0.05, 0.1) is 10.8 Å². The quantitative estimate of drug-likeness (QED) is 0.500. The second-order valence-electron chi connectivity index (χ2n) is 2.83. The molecule has 13 heavy (non-hydrogen) atoms. The maximum absolute atomic E-state index is 8.99. The first-order valence-electron chi connectivity index (χ1n) is 3.82. The molecule has 1 heterocycles. The molecule has 68 valence electrons. The predicted molar refractivity (Wildman–Crippen MR) is 59.4 cm³/mol. The Hall–Kier alpha value is -0.710. The number of benzene rings is 1. The summed E-state index contributed by atoms with van der Waals surface area (Å²) in [7, 11) is 0. The highest BCUT2D eigenvalue weighted by Crippen LogP contribution is 2.31. The minimum absolute atomic E-state index is 0.0123. The summed E-state index contributed by atoms with van der Waals surface area (Å²) in [6, 6.07) is 5.76. The van der Waals surface area contributed by atoms with Crippen LogP contribution >= 0.6 is 24.0 Å². The highest BCUT2D eigenvalue weighted by Gasteiger charge is 2.03. The summed E-state index contributed by atoms with van der Waals surface area (Å²) in [5, 5.41) is 10.1. The molecule has 1 aromatic heterocycles. The average Bonchev–Trinajstić information content (AvgIpc) is 2.42. The third kappa shape index (κ3) is 1.52. The molecule has 0 spiro atoms. The van der Waals surface area contributed by atoms with E-state index in [0.717, 1.165) is 19.9 Å². The number of fused-ring (bicyclic) bond motifs is 1. The number of hydrogen-bond acceptors (Lipinski definition) is 4. The number of thiophene rings is 1. The van der Waals surface area contributed by atoms with Crippen LogP contribution in [-0.4, -0.2) is 5.11 Å².